The normalized spacial score (nSPS) is 14.4. The summed E-state index contributed by atoms with van der Waals surface area (Å²) in [6.07, 6.45) is 0.648. The van der Waals surface area contributed by atoms with E-state index in [1.165, 1.54) is 22.7 Å². The Morgan fingerprint density at radius 2 is 2.03 bits per heavy atom. The summed E-state index contributed by atoms with van der Waals surface area (Å²) in [4.78, 5) is 32.1. The molecule has 5 rings (SSSR count). The fourth-order valence-corrected chi connectivity index (χ4v) is 4.82. The molecule has 0 spiro atoms. The molecule has 29 heavy (non-hydrogen) atoms. The average molecular weight is 428 g/mol. The van der Waals surface area contributed by atoms with Gasteiger partial charge in [-0.15, -0.1) is 0 Å². The van der Waals surface area contributed by atoms with Gasteiger partial charge in [0.25, 0.3) is 5.91 Å². The van der Waals surface area contributed by atoms with E-state index in [2.05, 4.69) is 15.6 Å². The molecule has 2 N–H and O–H groups in total. The van der Waals surface area contributed by atoms with E-state index in [1.54, 1.807) is 34.5 Å². The molecule has 3 aromatic rings. The van der Waals surface area contributed by atoms with Crippen molar-refractivity contribution in [3.63, 3.8) is 0 Å². The quantitative estimate of drug-likeness (QED) is 0.662. The predicted molar refractivity (Wildman–Crippen MR) is 110 cm³/mol. The van der Waals surface area contributed by atoms with E-state index in [1.807, 2.05) is 5.38 Å². The first-order valence-corrected chi connectivity index (χ1v) is 10.7. The number of aromatic nitrogens is 1. The molecule has 148 valence electrons. The van der Waals surface area contributed by atoms with Crippen molar-refractivity contribution in [1.29, 1.82) is 0 Å². The number of hydrogen-bond donors (Lipinski definition) is 2. The van der Waals surface area contributed by atoms with Crippen LogP contribution in [0.2, 0.25) is 0 Å². The molecule has 0 unspecified atom stereocenters. The Morgan fingerprint density at radius 1 is 1.14 bits per heavy atom. The highest BCUT2D eigenvalue weighted by atomic mass is 32.1. The third-order valence-electron chi connectivity index (χ3n) is 4.65. The summed E-state index contributed by atoms with van der Waals surface area (Å²) < 4.78 is 10.6. The van der Waals surface area contributed by atoms with Gasteiger partial charge in [-0.05, 0) is 23.6 Å². The topological polar surface area (TPSA) is 92.8 Å². The van der Waals surface area contributed by atoms with E-state index >= 15 is 0 Å². The minimum absolute atomic E-state index is 0.172. The highest BCUT2D eigenvalue weighted by molar-refractivity contribution is 7.16. The Hall–Kier alpha value is -3.11. The fourth-order valence-electron chi connectivity index (χ4n) is 3.16. The second-order valence-corrected chi connectivity index (χ2v) is 8.39. The first kappa shape index (κ1) is 18.0. The van der Waals surface area contributed by atoms with Crippen LogP contribution < -0.4 is 20.1 Å². The molecule has 10 heteroatoms. The monoisotopic (exact) mass is 428 g/mol. The van der Waals surface area contributed by atoms with Crippen molar-refractivity contribution < 1.29 is 19.1 Å². The first-order valence-electron chi connectivity index (χ1n) is 8.93. The number of urea groups is 1. The van der Waals surface area contributed by atoms with Crippen molar-refractivity contribution in [2.75, 3.05) is 24.0 Å². The third-order valence-corrected chi connectivity index (χ3v) is 6.33. The van der Waals surface area contributed by atoms with Crippen LogP contribution in [0.4, 0.5) is 15.6 Å². The van der Waals surface area contributed by atoms with Gasteiger partial charge < -0.3 is 19.7 Å². The van der Waals surface area contributed by atoms with Gasteiger partial charge in [0.1, 0.15) is 0 Å². The number of ether oxygens (including phenoxy) is 2. The van der Waals surface area contributed by atoms with Crippen molar-refractivity contribution in [3.05, 3.63) is 51.2 Å². The molecular weight excluding hydrogens is 412 g/mol. The summed E-state index contributed by atoms with van der Waals surface area (Å²) in [5, 5.41) is 9.95. The lowest BCUT2D eigenvalue weighted by Crippen LogP contribution is -2.38. The van der Waals surface area contributed by atoms with Crippen LogP contribution in [0.3, 0.4) is 0 Å². The van der Waals surface area contributed by atoms with Crippen LogP contribution >= 0.6 is 22.7 Å². The molecule has 0 radical (unpaired) electrons. The van der Waals surface area contributed by atoms with Gasteiger partial charge in [-0.3, -0.25) is 10.1 Å². The van der Waals surface area contributed by atoms with E-state index in [4.69, 9.17) is 9.47 Å². The smallest absolute Gasteiger partial charge is 0.322 e. The number of nitrogens with zero attached hydrogens (tertiary/aromatic N) is 2. The van der Waals surface area contributed by atoms with Gasteiger partial charge in [0.05, 0.1) is 17.8 Å². The number of anilines is 2. The third kappa shape index (κ3) is 3.64. The second-order valence-electron chi connectivity index (χ2n) is 6.52. The molecule has 0 aliphatic carbocycles. The summed E-state index contributed by atoms with van der Waals surface area (Å²) in [6.45, 7) is 1.21. The number of hydrogen-bond acceptors (Lipinski definition) is 7. The van der Waals surface area contributed by atoms with Gasteiger partial charge >= 0.3 is 6.03 Å². The Kier molecular flexibility index (Phi) is 4.57. The zero-order valence-corrected chi connectivity index (χ0v) is 16.8. The number of rotatable bonds is 3. The zero-order valence-electron chi connectivity index (χ0n) is 15.1. The lowest BCUT2D eigenvalue weighted by molar-refractivity contribution is 0.102. The van der Waals surface area contributed by atoms with Crippen molar-refractivity contribution in [1.82, 2.24) is 9.88 Å². The van der Waals surface area contributed by atoms with E-state index in [0.29, 0.717) is 47.4 Å². The van der Waals surface area contributed by atoms with Gasteiger partial charge in [-0.1, -0.05) is 11.3 Å². The summed E-state index contributed by atoms with van der Waals surface area (Å²) in [7, 11) is 0. The Morgan fingerprint density at radius 3 is 2.90 bits per heavy atom. The standard InChI is InChI=1S/C19H16N4O4S2/c24-17(11-4-6-28-9-11)22-18-21-13-3-5-23(8-16(13)29-18)19(25)20-12-1-2-14-15(7-12)27-10-26-14/h1-2,4,6-7,9H,3,5,8,10H2,(H,20,25)(H,21,22,24). The molecule has 3 amide bonds. The van der Waals surface area contributed by atoms with Crippen LogP contribution in [0.25, 0.3) is 0 Å². The molecule has 2 aromatic heterocycles. The predicted octanol–water partition coefficient (Wildman–Crippen LogP) is 3.78. The largest absolute Gasteiger partial charge is 0.454 e. The molecule has 1 aromatic carbocycles. The maximum Gasteiger partial charge on any atom is 0.322 e. The summed E-state index contributed by atoms with van der Waals surface area (Å²) in [5.41, 5.74) is 2.20. The minimum atomic E-state index is -0.188. The number of amides is 3. The van der Waals surface area contributed by atoms with E-state index < -0.39 is 0 Å². The maximum absolute atomic E-state index is 12.7. The number of carbonyl (C=O) groups excluding carboxylic acids is 2. The number of nitrogens with one attached hydrogen (secondary N) is 2. The number of fused-ring (bicyclic) bond motifs is 2. The fraction of sp³-hybridized carbons (Fsp3) is 0.211. The molecule has 0 bridgehead atoms. The number of thiazole rings is 1. The zero-order chi connectivity index (χ0) is 19.8. The summed E-state index contributed by atoms with van der Waals surface area (Å²) >= 11 is 2.88. The number of benzene rings is 1. The van der Waals surface area contributed by atoms with E-state index in [9.17, 15) is 9.59 Å². The van der Waals surface area contributed by atoms with Crippen molar-refractivity contribution in [2.45, 2.75) is 13.0 Å². The van der Waals surface area contributed by atoms with Crippen molar-refractivity contribution >= 4 is 45.4 Å². The maximum atomic E-state index is 12.7. The Bertz CT molecular complexity index is 1080. The second kappa shape index (κ2) is 7.37. The molecule has 0 fully saturated rings. The number of carbonyl (C=O) groups is 2. The van der Waals surface area contributed by atoms with Gasteiger partial charge in [0.15, 0.2) is 16.6 Å². The SMILES string of the molecule is O=C(Nc1nc2c(s1)CN(C(=O)Nc1ccc3c(c1)OCO3)CC2)c1ccsc1. The summed E-state index contributed by atoms with van der Waals surface area (Å²) in [6, 6.07) is 6.89. The van der Waals surface area contributed by atoms with Crippen molar-refractivity contribution in [3.8, 4) is 11.5 Å². The van der Waals surface area contributed by atoms with Crippen LogP contribution in [-0.4, -0.2) is 35.2 Å². The molecule has 4 heterocycles. The molecule has 0 saturated heterocycles. The lowest BCUT2D eigenvalue weighted by Gasteiger charge is -2.26. The first-order chi connectivity index (χ1) is 14.2. The molecule has 0 saturated carbocycles. The minimum Gasteiger partial charge on any atom is -0.454 e. The van der Waals surface area contributed by atoms with Crippen LogP contribution in [0, 0.1) is 0 Å². The number of thiophene rings is 1. The van der Waals surface area contributed by atoms with E-state index in [0.717, 1.165) is 10.6 Å². The van der Waals surface area contributed by atoms with Crippen LogP contribution in [0.15, 0.2) is 35.0 Å². The van der Waals surface area contributed by atoms with Gasteiger partial charge in [-0.2, -0.15) is 11.3 Å². The van der Waals surface area contributed by atoms with Crippen LogP contribution in [-0.2, 0) is 13.0 Å². The molecule has 0 atom stereocenters. The van der Waals surface area contributed by atoms with Gasteiger partial charge in [0.2, 0.25) is 6.79 Å². The van der Waals surface area contributed by atoms with Gasteiger partial charge in [-0.25, -0.2) is 9.78 Å². The highest BCUT2D eigenvalue weighted by Crippen LogP contribution is 2.34. The average Bonchev–Trinajstić information content (AvgIpc) is 3.46. The summed E-state index contributed by atoms with van der Waals surface area (Å²) in [5.74, 6) is 1.12. The van der Waals surface area contributed by atoms with Crippen LogP contribution in [0.5, 0.6) is 11.5 Å². The van der Waals surface area contributed by atoms with Crippen molar-refractivity contribution in [2.24, 2.45) is 0 Å². The Balaban J connectivity index is 1.24. The molecule has 8 nitrogen and oxygen atoms in total. The molecule has 2 aliphatic heterocycles. The van der Waals surface area contributed by atoms with E-state index in [-0.39, 0.29) is 18.7 Å². The Labute approximate surface area is 174 Å². The molecular formula is C19H16N4O4S2. The highest BCUT2D eigenvalue weighted by Gasteiger charge is 2.25. The lowest BCUT2D eigenvalue weighted by atomic mass is 10.2. The molecule has 2 aliphatic rings. The van der Waals surface area contributed by atoms with Crippen LogP contribution in [0.1, 0.15) is 20.9 Å². The van der Waals surface area contributed by atoms with Gasteiger partial charge in [0, 0.05) is 35.0 Å².